The lowest BCUT2D eigenvalue weighted by molar-refractivity contribution is 0.176. The number of amidine groups is 1. The molecule has 0 aromatic heterocycles. The molecule has 5 rings (SSSR count). The van der Waals surface area contributed by atoms with E-state index < -0.39 is 23.2 Å². The first-order valence-corrected chi connectivity index (χ1v) is 11.6. The molecule has 5 nitrogen and oxygen atoms in total. The van der Waals surface area contributed by atoms with Crippen LogP contribution in [0.2, 0.25) is 0 Å². The third-order valence-corrected chi connectivity index (χ3v) is 6.91. The van der Waals surface area contributed by atoms with Crippen LogP contribution in [-0.2, 0) is 6.54 Å². The van der Waals surface area contributed by atoms with E-state index in [2.05, 4.69) is 10.2 Å². The highest BCUT2D eigenvalue weighted by atomic mass is 19.1. The van der Waals surface area contributed by atoms with E-state index in [1.807, 2.05) is 0 Å². The smallest absolute Gasteiger partial charge is 0.296 e. The highest BCUT2D eigenvalue weighted by Crippen LogP contribution is 2.38. The van der Waals surface area contributed by atoms with E-state index in [1.165, 1.54) is 29.2 Å². The van der Waals surface area contributed by atoms with Crippen LogP contribution in [0.5, 0.6) is 0 Å². The summed E-state index contributed by atoms with van der Waals surface area (Å²) in [5, 5.41) is 2.94. The molecule has 8 heteroatoms. The largest absolute Gasteiger partial charge is 0.328 e. The Hall–Kier alpha value is -2.87. The Morgan fingerprint density at radius 3 is 2.36 bits per heavy atom. The summed E-state index contributed by atoms with van der Waals surface area (Å²) in [6.45, 7) is 1.85. The lowest BCUT2D eigenvalue weighted by atomic mass is 9.86. The van der Waals surface area contributed by atoms with E-state index in [-0.39, 0.29) is 17.5 Å². The van der Waals surface area contributed by atoms with Gasteiger partial charge in [-0.05, 0) is 62.1 Å². The Kier molecular flexibility index (Phi) is 5.86. The summed E-state index contributed by atoms with van der Waals surface area (Å²) in [7, 11) is 0. The van der Waals surface area contributed by atoms with E-state index in [4.69, 9.17) is 4.99 Å². The molecule has 1 saturated carbocycles. The molecule has 1 unspecified atom stereocenters. The van der Waals surface area contributed by atoms with Gasteiger partial charge in [0.25, 0.3) is 0 Å². The first-order chi connectivity index (χ1) is 15.9. The molecule has 0 radical (unpaired) electrons. The number of carbonyl (C=O) groups excluding carboxylic acids is 1. The van der Waals surface area contributed by atoms with Crippen LogP contribution < -0.4 is 10.2 Å². The second kappa shape index (κ2) is 8.82. The summed E-state index contributed by atoms with van der Waals surface area (Å²) >= 11 is 0. The summed E-state index contributed by atoms with van der Waals surface area (Å²) in [5.41, 5.74) is 0.312. The molecule has 2 aromatic carbocycles. The standard InChI is InChI=1S/C25H27F3N4O/c26-18-8-6-17(7-9-18)15-31-11-3-10-25(16-31)23(29-21-4-1-2-5-21)30-24(33)32(25)22-13-19(27)12-20(28)14-22/h6-9,12-14,21H,1-5,10-11,15-16H2,(H,29,30,33). The molecule has 174 valence electrons. The number of piperidine rings is 1. The van der Waals surface area contributed by atoms with E-state index in [0.717, 1.165) is 50.3 Å². The highest BCUT2D eigenvalue weighted by Gasteiger charge is 2.54. The first kappa shape index (κ1) is 21.9. The van der Waals surface area contributed by atoms with Crippen LogP contribution in [0, 0.1) is 17.5 Å². The maximum absolute atomic E-state index is 14.1. The Labute approximate surface area is 191 Å². The number of likely N-dealkylation sites (tertiary alicyclic amines) is 1. The topological polar surface area (TPSA) is 47.9 Å². The number of amides is 2. The number of benzene rings is 2. The van der Waals surface area contributed by atoms with Gasteiger partial charge in [-0.15, -0.1) is 0 Å². The van der Waals surface area contributed by atoms with Gasteiger partial charge in [0, 0.05) is 19.2 Å². The van der Waals surface area contributed by atoms with E-state index in [9.17, 15) is 18.0 Å². The first-order valence-electron chi connectivity index (χ1n) is 11.6. The fourth-order valence-corrected chi connectivity index (χ4v) is 5.46. The number of anilines is 1. The number of nitrogens with zero attached hydrogens (tertiary/aromatic N) is 3. The predicted octanol–water partition coefficient (Wildman–Crippen LogP) is 5.01. The van der Waals surface area contributed by atoms with Crippen LogP contribution in [0.1, 0.15) is 44.1 Å². The molecule has 3 fully saturated rings. The van der Waals surface area contributed by atoms with Crippen LogP contribution in [0.4, 0.5) is 23.7 Å². The van der Waals surface area contributed by atoms with Crippen molar-refractivity contribution in [2.75, 3.05) is 18.0 Å². The van der Waals surface area contributed by atoms with E-state index in [0.29, 0.717) is 25.3 Å². The summed E-state index contributed by atoms with van der Waals surface area (Å²) in [6, 6.07) is 9.30. The molecule has 33 heavy (non-hydrogen) atoms. The van der Waals surface area contributed by atoms with Crippen molar-refractivity contribution in [3.63, 3.8) is 0 Å². The van der Waals surface area contributed by atoms with Crippen molar-refractivity contribution in [1.29, 1.82) is 0 Å². The minimum absolute atomic E-state index is 0.147. The molecule has 1 aliphatic carbocycles. The van der Waals surface area contributed by atoms with Crippen molar-refractivity contribution in [2.24, 2.45) is 4.99 Å². The maximum Gasteiger partial charge on any atom is 0.328 e. The summed E-state index contributed by atoms with van der Waals surface area (Å²) in [4.78, 5) is 21.8. The summed E-state index contributed by atoms with van der Waals surface area (Å²) in [5.74, 6) is -1.15. The molecule has 1 N–H and O–H groups in total. The number of hydrogen-bond acceptors (Lipinski definition) is 3. The number of hydrogen-bond donors (Lipinski definition) is 1. The van der Waals surface area contributed by atoms with Crippen LogP contribution in [0.15, 0.2) is 47.5 Å². The van der Waals surface area contributed by atoms with Crippen molar-refractivity contribution in [2.45, 2.75) is 56.7 Å². The number of carbonyl (C=O) groups is 1. The lowest BCUT2D eigenvalue weighted by Gasteiger charge is -2.44. The zero-order valence-corrected chi connectivity index (χ0v) is 18.4. The van der Waals surface area contributed by atoms with Crippen LogP contribution in [0.25, 0.3) is 0 Å². The average molecular weight is 457 g/mol. The summed E-state index contributed by atoms with van der Waals surface area (Å²) in [6.07, 6.45) is 5.59. The van der Waals surface area contributed by atoms with Gasteiger partial charge >= 0.3 is 6.03 Å². The fourth-order valence-electron chi connectivity index (χ4n) is 5.46. The average Bonchev–Trinajstić information content (AvgIpc) is 3.36. The second-order valence-electron chi connectivity index (χ2n) is 9.28. The van der Waals surface area contributed by atoms with Crippen molar-refractivity contribution < 1.29 is 18.0 Å². The number of halogens is 3. The molecule has 1 atom stereocenters. The third kappa shape index (κ3) is 4.36. The minimum Gasteiger partial charge on any atom is -0.296 e. The monoisotopic (exact) mass is 456 g/mol. The zero-order valence-electron chi connectivity index (χ0n) is 18.4. The Balaban J connectivity index is 1.52. The zero-order chi connectivity index (χ0) is 23.0. The molecule has 2 amide bonds. The van der Waals surface area contributed by atoms with Gasteiger partial charge in [0.2, 0.25) is 0 Å². The molecule has 2 saturated heterocycles. The normalized spacial score (nSPS) is 25.4. The number of nitrogens with one attached hydrogen (secondary N) is 1. The molecule has 2 aromatic rings. The van der Waals surface area contributed by atoms with Gasteiger partial charge in [0.05, 0.1) is 11.7 Å². The molecular weight excluding hydrogens is 429 g/mol. The van der Waals surface area contributed by atoms with Crippen molar-refractivity contribution in [3.8, 4) is 0 Å². The lowest BCUT2D eigenvalue weighted by Crippen LogP contribution is -2.60. The van der Waals surface area contributed by atoms with Gasteiger partial charge < -0.3 is 0 Å². The van der Waals surface area contributed by atoms with Crippen LogP contribution >= 0.6 is 0 Å². The van der Waals surface area contributed by atoms with E-state index in [1.54, 1.807) is 12.1 Å². The van der Waals surface area contributed by atoms with Gasteiger partial charge in [0.1, 0.15) is 28.8 Å². The molecule has 1 spiro atoms. The quantitative estimate of drug-likeness (QED) is 0.703. The molecule has 2 heterocycles. The molecule has 3 aliphatic rings. The van der Waals surface area contributed by atoms with Crippen LogP contribution in [0.3, 0.4) is 0 Å². The van der Waals surface area contributed by atoms with Gasteiger partial charge in [-0.1, -0.05) is 25.0 Å². The van der Waals surface area contributed by atoms with Gasteiger partial charge in [-0.25, -0.2) is 18.0 Å². The number of aliphatic imine (C=N–C) groups is 1. The molecule has 0 bridgehead atoms. The number of urea groups is 1. The Bertz CT molecular complexity index is 1050. The minimum atomic E-state index is -0.835. The third-order valence-electron chi connectivity index (χ3n) is 6.91. The van der Waals surface area contributed by atoms with Gasteiger partial charge in [-0.2, -0.15) is 0 Å². The van der Waals surface area contributed by atoms with Gasteiger partial charge in [0.15, 0.2) is 0 Å². The Morgan fingerprint density at radius 2 is 1.67 bits per heavy atom. The van der Waals surface area contributed by atoms with Crippen LogP contribution in [-0.4, -0.2) is 41.4 Å². The Morgan fingerprint density at radius 1 is 0.970 bits per heavy atom. The molecule has 2 aliphatic heterocycles. The van der Waals surface area contributed by atoms with Crippen molar-refractivity contribution in [1.82, 2.24) is 10.2 Å². The van der Waals surface area contributed by atoms with Gasteiger partial charge in [-0.3, -0.25) is 20.1 Å². The van der Waals surface area contributed by atoms with Crippen molar-refractivity contribution >= 4 is 17.6 Å². The molecular formula is C25H27F3N4O. The second-order valence-corrected chi connectivity index (χ2v) is 9.28. The maximum atomic E-state index is 14.1. The predicted molar refractivity (Wildman–Crippen MR) is 121 cm³/mol. The van der Waals surface area contributed by atoms with E-state index >= 15 is 0 Å². The SMILES string of the molecule is O=C1NC(=NC2CCCC2)C2(CCCN(Cc3ccc(F)cc3)C2)N1c1cc(F)cc(F)c1. The summed E-state index contributed by atoms with van der Waals surface area (Å²) < 4.78 is 41.6. The van der Waals surface area contributed by atoms with Crippen molar-refractivity contribution in [3.05, 3.63) is 65.5 Å². The fraction of sp³-hybridized carbons (Fsp3) is 0.440. The number of rotatable bonds is 4. The highest BCUT2D eigenvalue weighted by molar-refractivity contribution is 6.19.